The zero-order valence-corrected chi connectivity index (χ0v) is 18.8. The van der Waals surface area contributed by atoms with E-state index in [1.165, 1.54) is 13.0 Å². The van der Waals surface area contributed by atoms with Gasteiger partial charge in [-0.3, -0.25) is 10.1 Å². The number of ether oxygens (including phenoxy) is 2. The van der Waals surface area contributed by atoms with Crippen LogP contribution >= 0.6 is 0 Å². The molecule has 0 aliphatic heterocycles. The third-order valence-electron chi connectivity index (χ3n) is 4.24. The van der Waals surface area contributed by atoms with Crippen LogP contribution < -0.4 is 10.6 Å². The lowest BCUT2D eigenvalue weighted by Gasteiger charge is -2.20. The summed E-state index contributed by atoms with van der Waals surface area (Å²) < 4.78 is 10.5. The molecule has 166 valence electrons. The number of anilines is 2. The number of carbonyl (C=O) groups excluding carboxylic acids is 3. The summed E-state index contributed by atoms with van der Waals surface area (Å²) in [6, 6.07) is 13.7. The average Bonchev–Trinajstić information content (AvgIpc) is 2.66. The van der Waals surface area contributed by atoms with E-state index in [0.29, 0.717) is 11.4 Å². The maximum absolute atomic E-state index is 12.5. The van der Waals surface area contributed by atoms with Crippen molar-refractivity contribution in [1.29, 1.82) is 0 Å². The molecule has 0 fully saturated rings. The number of amides is 2. The van der Waals surface area contributed by atoms with Crippen LogP contribution in [0.5, 0.6) is 0 Å². The summed E-state index contributed by atoms with van der Waals surface area (Å²) in [5.74, 6) is -0.869. The molecular weight excluding hydrogens is 396 g/mol. The van der Waals surface area contributed by atoms with E-state index in [0.717, 1.165) is 5.56 Å². The molecule has 2 aromatic rings. The lowest BCUT2D eigenvalue weighted by atomic mass is 10.0. The standard InChI is InChI=1S/C24H30N2O5/c1-15(2)19-12-7-8-13-20(19)26-21(27)16(3)30-22(28)17-10-9-11-18(14-17)25-23(29)31-24(4,5)6/h7-16H,1-6H3,(H,25,29)(H,26,27)/t16-/m1/s1. The maximum atomic E-state index is 12.5. The number of carbonyl (C=O) groups is 3. The van der Waals surface area contributed by atoms with E-state index in [1.807, 2.05) is 38.1 Å². The number of para-hydroxylation sites is 1. The minimum atomic E-state index is -1.00. The predicted octanol–water partition coefficient (Wildman–Crippen LogP) is 5.34. The second kappa shape index (κ2) is 10.1. The van der Waals surface area contributed by atoms with Crippen LogP contribution in [0.15, 0.2) is 48.5 Å². The Hall–Kier alpha value is -3.35. The molecule has 2 amide bonds. The molecular formula is C24H30N2O5. The number of nitrogens with one attached hydrogen (secondary N) is 2. The van der Waals surface area contributed by atoms with E-state index >= 15 is 0 Å². The molecule has 0 saturated heterocycles. The van der Waals surface area contributed by atoms with Crippen molar-refractivity contribution in [3.63, 3.8) is 0 Å². The Balaban J connectivity index is 2.01. The van der Waals surface area contributed by atoms with Crippen molar-refractivity contribution >= 4 is 29.3 Å². The fourth-order valence-corrected chi connectivity index (χ4v) is 2.78. The summed E-state index contributed by atoms with van der Waals surface area (Å²) in [7, 11) is 0. The maximum Gasteiger partial charge on any atom is 0.412 e. The minimum Gasteiger partial charge on any atom is -0.449 e. The van der Waals surface area contributed by atoms with Crippen LogP contribution in [0.1, 0.15) is 63.4 Å². The van der Waals surface area contributed by atoms with Gasteiger partial charge in [-0.15, -0.1) is 0 Å². The van der Waals surface area contributed by atoms with Gasteiger partial charge in [0.05, 0.1) is 5.56 Å². The van der Waals surface area contributed by atoms with Crippen LogP contribution in [0, 0.1) is 0 Å². The first-order chi connectivity index (χ1) is 14.5. The van der Waals surface area contributed by atoms with Crippen LogP contribution in [0.25, 0.3) is 0 Å². The van der Waals surface area contributed by atoms with Crippen molar-refractivity contribution < 1.29 is 23.9 Å². The zero-order valence-electron chi connectivity index (χ0n) is 18.8. The Morgan fingerprint density at radius 2 is 1.58 bits per heavy atom. The summed E-state index contributed by atoms with van der Waals surface area (Å²) in [6.07, 6.45) is -1.63. The highest BCUT2D eigenvalue weighted by Crippen LogP contribution is 2.24. The Morgan fingerprint density at radius 1 is 0.903 bits per heavy atom. The van der Waals surface area contributed by atoms with Gasteiger partial charge in [0.25, 0.3) is 5.91 Å². The molecule has 7 nitrogen and oxygen atoms in total. The highest BCUT2D eigenvalue weighted by molar-refractivity contribution is 5.98. The van der Waals surface area contributed by atoms with Crippen LogP contribution in [-0.4, -0.2) is 29.7 Å². The second-order valence-electron chi connectivity index (χ2n) is 8.49. The van der Waals surface area contributed by atoms with E-state index < -0.39 is 29.7 Å². The van der Waals surface area contributed by atoms with E-state index in [4.69, 9.17) is 9.47 Å². The van der Waals surface area contributed by atoms with Crippen LogP contribution in [0.2, 0.25) is 0 Å². The van der Waals surface area contributed by atoms with Gasteiger partial charge in [-0.05, 0) is 63.4 Å². The summed E-state index contributed by atoms with van der Waals surface area (Å²) in [6.45, 7) is 10.8. The minimum absolute atomic E-state index is 0.204. The van der Waals surface area contributed by atoms with Gasteiger partial charge < -0.3 is 14.8 Å². The van der Waals surface area contributed by atoms with Crippen molar-refractivity contribution in [3.8, 4) is 0 Å². The first-order valence-electron chi connectivity index (χ1n) is 10.2. The molecule has 0 radical (unpaired) electrons. The molecule has 2 N–H and O–H groups in total. The molecule has 0 saturated carbocycles. The van der Waals surface area contributed by atoms with Crippen molar-refractivity contribution in [2.75, 3.05) is 10.6 Å². The molecule has 0 aromatic heterocycles. The largest absolute Gasteiger partial charge is 0.449 e. The van der Waals surface area contributed by atoms with Gasteiger partial charge in [-0.25, -0.2) is 9.59 Å². The number of esters is 1. The Morgan fingerprint density at radius 3 is 2.23 bits per heavy atom. The number of benzene rings is 2. The highest BCUT2D eigenvalue weighted by Gasteiger charge is 2.21. The SMILES string of the molecule is CC(C)c1ccccc1NC(=O)[C@@H](C)OC(=O)c1cccc(NC(=O)OC(C)(C)C)c1. The molecule has 0 heterocycles. The van der Waals surface area contributed by atoms with E-state index in [9.17, 15) is 14.4 Å². The van der Waals surface area contributed by atoms with Crippen LogP contribution in [-0.2, 0) is 14.3 Å². The molecule has 0 aliphatic carbocycles. The summed E-state index contributed by atoms with van der Waals surface area (Å²) in [5.41, 5.74) is 1.63. The van der Waals surface area contributed by atoms with Crippen LogP contribution in [0.4, 0.5) is 16.2 Å². The number of hydrogen-bond donors (Lipinski definition) is 2. The zero-order chi connectivity index (χ0) is 23.2. The smallest absolute Gasteiger partial charge is 0.412 e. The molecule has 0 spiro atoms. The van der Waals surface area contributed by atoms with Crippen molar-refractivity contribution in [1.82, 2.24) is 0 Å². The van der Waals surface area contributed by atoms with Crippen LogP contribution in [0.3, 0.4) is 0 Å². The molecule has 31 heavy (non-hydrogen) atoms. The summed E-state index contributed by atoms with van der Waals surface area (Å²) in [4.78, 5) is 37.0. The number of rotatable bonds is 6. The third kappa shape index (κ3) is 7.44. The molecule has 2 rings (SSSR count). The molecule has 0 bridgehead atoms. The predicted molar refractivity (Wildman–Crippen MR) is 120 cm³/mol. The van der Waals surface area contributed by atoms with E-state index in [1.54, 1.807) is 39.0 Å². The third-order valence-corrected chi connectivity index (χ3v) is 4.24. The van der Waals surface area contributed by atoms with Crippen molar-refractivity contribution in [3.05, 3.63) is 59.7 Å². The quantitative estimate of drug-likeness (QED) is 0.608. The van der Waals surface area contributed by atoms with Crippen molar-refractivity contribution in [2.45, 2.75) is 59.2 Å². The van der Waals surface area contributed by atoms with Gasteiger partial charge >= 0.3 is 12.1 Å². The lowest BCUT2D eigenvalue weighted by molar-refractivity contribution is -0.123. The Kier molecular flexibility index (Phi) is 7.80. The van der Waals surface area contributed by atoms with Gasteiger partial charge in [0.15, 0.2) is 6.10 Å². The second-order valence-corrected chi connectivity index (χ2v) is 8.49. The first kappa shape index (κ1) is 23.9. The normalized spacial score (nSPS) is 12.1. The average molecular weight is 427 g/mol. The van der Waals surface area contributed by atoms with Gasteiger partial charge in [0, 0.05) is 11.4 Å². The fraction of sp³-hybridized carbons (Fsp3) is 0.375. The highest BCUT2D eigenvalue weighted by atomic mass is 16.6. The Bertz CT molecular complexity index is 947. The first-order valence-corrected chi connectivity index (χ1v) is 10.2. The van der Waals surface area contributed by atoms with E-state index in [-0.39, 0.29) is 11.5 Å². The topological polar surface area (TPSA) is 93.7 Å². The molecule has 0 unspecified atom stereocenters. The van der Waals surface area contributed by atoms with Gasteiger partial charge in [0.2, 0.25) is 0 Å². The fourth-order valence-electron chi connectivity index (χ4n) is 2.78. The lowest BCUT2D eigenvalue weighted by Crippen LogP contribution is -2.30. The Labute approximate surface area is 183 Å². The molecule has 1 atom stereocenters. The number of hydrogen-bond acceptors (Lipinski definition) is 5. The monoisotopic (exact) mass is 426 g/mol. The molecule has 0 aliphatic rings. The van der Waals surface area contributed by atoms with E-state index in [2.05, 4.69) is 10.6 Å². The van der Waals surface area contributed by atoms with Gasteiger partial charge in [-0.1, -0.05) is 38.1 Å². The van der Waals surface area contributed by atoms with Gasteiger partial charge in [-0.2, -0.15) is 0 Å². The summed E-state index contributed by atoms with van der Waals surface area (Å²) >= 11 is 0. The molecule has 7 heteroatoms. The summed E-state index contributed by atoms with van der Waals surface area (Å²) in [5, 5.41) is 5.39. The molecule has 2 aromatic carbocycles. The van der Waals surface area contributed by atoms with Crippen molar-refractivity contribution in [2.24, 2.45) is 0 Å². The van der Waals surface area contributed by atoms with Gasteiger partial charge in [0.1, 0.15) is 5.60 Å².